The van der Waals surface area contributed by atoms with Crippen molar-refractivity contribution < 1.29 is 8.42 Å². The van der Waals surface area contributed by atoms with Gasteiger partial charge in [-0.2, -0.15) is 0 Å². The van der Waals surface area contributed by atoms with Crippen molar-refractivity contribution in [2.75, 3.05) is 11.5 Å². The molecule has 0 bridgehead atoms. The average Bonchev–Trinajstić information content (AvgIpc) is 2.45. The van der Waals surface area contributed by atoms with Gasteiger partial charge in [0.15, 0.2) is 0 Å². The van der Waals surface area contributed by atoms with Crippen LogP contribution in [0.25, 0.3) is 0 Å². The van der Waals surface area contributed by atoms with E-state index in [2.05, 4.69) is 0 Å². The van der Waals surface area contributed by atoms with E-state index in [9.17, 15) is 8.42 Å². The maximum absolute atomic E-state index is 11.6. The largest absolute Gasteiger partial charge is 0.229 e. The van der Waals surface area contributed by atoms with Crippen LogP contribution in [0.2, 0.25) is 0 Å². The van der Waals surface area contributed by atoms with E-state index in [4.69, 9.17) is 0 Å². The Morgan fingerprint density at radius 1 is 0.696 bits per heavy atom. The molecule has 3 heteroatoms. The van der Waals surface area contributed by atoms with Crippen molar-refractivity contribution in [3.05, 3.63) is 0 Å². The predicted molar refractivity (Wildman–Crippen MR) is 102 cm³/mol. The summed E-state index contributed by atoms with van der Waals surface area (Å²) < 4.78 is 23.1. The third-order valence-corrected chi connectivity index (χ3v) is 7.25. The molecule has 0 spiro atoms. The van der Waals surface area contributed by atoms with E-state index >= 15 is 0 Å². The molecule has 1 rings (SSSR count). The van der Waals surface area contributed by atoms with E-state index in [1.807, 2.05) is 6.92 Å². The van der Waals surface area contributed by atoms with Gasteiger partial charge < -0.3 is 0 Å². The van der Waals surface area contributed by atoms with Crippen LogP contribution in [-0.4, -0.2) is 19.9 Å². The fourth-order valence-electron chi connectivity index (χ4n) is 3.54. The summed E-state index contributed by atoms with van der Waals surface area (Å²) in [6.45, 7) is 1.94. The summed E-state index contributed by atoms with van der Waals surface area (Å²) >= 11 is 0. The first kappa shape index (κ1) is 21.0. The molecule has 0 aromatic heterocycles. The molecule has 1 fully saturated rings. The Labute approximate surface area is 145 Å². The summed E-state index contributed by atoms with van der Waals surface area (Å²) in [5.74, 6) is 1.86. The molecule has 138 valence electrons. The van der Waals surface area contributed by atoms with Gasteiger partial charge in [0.1, 0.15) is 9.84 Å². The van der Waals surface area contributed by atoms with Gasteiger partial charge in [0.05, 0.1) is 5.75 Å². The first-order chi connectivity index (χ1) is 11.1. The second kappa shape index (κ2) is 13.3. The quantitative estimate of drug-likeness (QED) is 0.308. The lowest BCUT2D eigenvalue weighted by Crippen LogP contribution is -2.10. The molecular weight excluding hydrogens is 304 g/mol. The first-order valence-electron chi connectivity index (χ1n) is 10.3. The molecule has 0 N–H and O–H groups in total. The zero-order chi connectivity index (χ0) is 16.8. The first-order valence-corrected chi connectivity index (χ1v) is 12.2. The fourth-order valence-corrected chi connectivity index (χ4v) is 5.01. The van der Waals surface area contributed by atoms with Gasteiger partial charge in [-0.05, 0) is 18.8 Å². The Bertz CT molecular complexity index is 358. The van der Waals surface area contributed by atoms with Crippen LogP contribution in [-0.2, 0) is 9.84 Å². The summed E-state index contributed by atoms with van der Waals surface area (Å²) in [6.07, 6.45) is 21.1. The van der Waals surface area contributed by atoms with Crippen molar-refractivity contribution in [3.8, 4) is 0 Å². The monoisotopic (exact) mass is 344 g/mol. The highest BCUT2D eigenvalue weighted by atomic mass is 32.2. The molecule has 1 aliphatic carbocycles. The lowest BCUT2D eigenvalue weighted by atomic mass is 9.81. The van der Waals surface area contributed by atoms with Crippen LogP contribution >= 0.6 is 0 Å². The molecule has 1 aliphatic rings. The molecule has 0 aliphatic heterocycles. The third kappa shape index (κ3) is 12.0. The van der Waals surface area contributed by atoms with Crippen molar-refractivity contribution in [3.63, 3.8) is 0 Å². The van der Waals surface area contributed by atoms with Gasteiger partial charge in [0.25, 0.3) is 0 Å². The molecule has 0 aromatic rings. The van der Waals surface area contributed by atoms with Gasteiger partial charge in [-0.1, -0.05) is 96.8 Å². The minimum atomic E-state index is -2.75. The lowest BCUT2D eigenvalue weighted by molar-refractivity contribution is 0.286. The normalized spacial score (nSPS) is 15.7. The van der Waals surface area contributed by atoms with Crippen molar-refractivity contribution in [2.24, 2.45) is 5.92 Å². The Kier molecular flexibility index (Phi) is 12.1. The van der Waals surface area contributed by atoms with Gasteiger partial charge in [0.2, 0.25) is 0 Å². The summed E-state index contributed by atoms with van der Waals surface area (Å²) in [5.41, 5.74) is 0. The minimum absolute atomic E-state index is 0.369. The standard InChI is InChI=1S/C20H40O2S/c1-2-18-23(21,22)19-13-11-9-7-5-3-4-6-8-10-12-15-20-16-14-17-20/h20H,2-19H2,1H3. The van der Waals surface area contributed by atoms with E-state index in [0.717, 1.165) is 25.2 Å². The molecule has 0 aromatic carbocycles. The molecule has 0 saturated heterocycles. The van der Waals surface area contributed by atoms with E-state index in [1.54, 1.807) is 0 Å². The average molecular weight is 345 g/mol. The zero-order valence-corrected chi connectivity index (χ0v) is 16.3. The van der Waals surface area contributed by atoms with E-state index in [0.29, 0.717) is 11.5 Å². The minimum Gasteiger partial charge on any atom is -0.229 e. The van der Waals surface area contributed by atoms with E-state index < -0.39 is 9.84 Å². The maximum Gasteiger partial charge on any atom is 0.150 e. The van der Waals surface area contributed by atoms with Gasteiger partial charge in [-0.3, -0.25) is 0 Å². The van der Waals surface area contributed by atoms with Crippen LogP contribution in [0, 0.1) is 5.92 Å². The topological polar surface area (TPSA) is 34.1 Å². The molecule has 0 heterocycles. The highest BCUT2D eigenvalue weighted by molar-refractivity contribution is 7.91. The van der Waals surface area contributed by atoms with Crippen LogP contribution in [0.4, 0.5) is 0 Å². The number of hydrogen-bond acceptors (Lipinski definition) is 2. The van der Waals surface area contributed by atoms with Crippen LogP contribution in [0.5, 0.6) is 0 Å². The second-order valence-corrected chi connectivity index (χ2v) is 9.93. The van der Waals surface area contributed by atoms with Crippen molar-refractivity contribution in [1.82, 2.24) is 0 Å². The summed E-state index contributed by atoms with van der Waals surface area (Å²) in [5, 5.41) is 0. The van der Waals surface area contributed by atoms with Crippen LogP contribution in [0.15, 0.2) is 0 Å². The molecule has 0 atom stereocenters. The van der Waals surface area contributed by atoms with Crippen LogP contribution in [0.1, 0.15) is 110 Å². The van der Waals surface area contributed by atoms with E-state index in [1.165, 1.54) is 83.5 Å². The Hall–Kier alpha value is -0.0500. The number of rotatable bonds is 16. The molecule has 23 heavy (non-hydrogen) atoms. The number of unbranched alkanes of at least 4 members (excludes halogenated alkanes) is 10. The zero-order valence-electron chi connectivity index (χ0n) is 15.5. The molecule has 1 saturated carbocycles. The molecule has 0 unspecified atom stereocenters. The van der Waals surface area contributed by atoms with Crippen molar-refractivity contribution in [1.29, 1.82) is 0 Å². The number of hydrogen-bond donors (Lipinski definition) is 0. The molecule has 0 radical (unpaired) electrons. The number of sulfone groups is 1. The molecule has 0 amide bonds. The van der Waals surface area contributed by atoms with Gasteiger partial charge >= 0.3 is 0 Å². The van der Waals surface area contributed by atoms with Crippen LogP contribution < -0.4 is 0 Å². The third-order valence-electron chi connectivity index (χ3n) is 5.31. The fraction of sp³-hybridized carbons (Fsp3) is 1.00. The Morgan fingerprint density at radius 3 is 1.61 bits per heavy atom. The SMILES string of the molecule is CCCS(=O)(=O)CCCCCCCCCCCCCC1CCC1. The smallest absolute Gasteiger partial charge is 0.150 e. The molecule has 2 nitrogen and oxygen atoms in total. The van der Waals surface area contributed by atoms with Gasteiger partial charge in [-0.25, -0.2) is 8.42 Å². The van der Waals surface area contributed by atoms with Crippen molar-refractivity contribution in [2.45, 2.75) is 110 Å². The second-order valence-electron chi connectivity index (χ2n) is 7.63. The Balaban J connectivity index is 1.72. The van der Waals surface area contributed by atoms with E-state index in [-0.39, 0.29) is 0 Å². The Morgan fingerprint density at radius 2 is 1.17 bits per heavy atom. The predicted octanol–water partition coefficient (Wildman–Crippen LogP) is 6.29. The summed E-state index contributed by atoms with van der Waals surface area (Å²) in [4.78, 5) is 0. The highest BCUT2D eigenvalue weighted by Crippen LogP contribution is 2.31. The van der Waals surface area contributed by atoms with Crippen LogP contribution in [0.3, 0.4) is 0 Å². The van der Waals surface area contributed by atoms with Gasteiger partial charge in [0, 0.05) is 5.75 Å². The molecular formula is C20H40O2S. The summed E-state index contributed by atoms with van der Waals surface area (Å²) in [6, 6.07) is 0. The van der Waals surface area contributed by atoms with Crippen molar-refractivity contribution >= 4 is 9.84 Å². The maximum atomic E-state index is 11.6. The lowest BCUT2D eigenvalue weighted by Gasteiger charge is -2.24. The summed E-state index contributed by atoms with van der Waals surface area (Å²) in [7, 11) is -2.75. The van der Waals surface area contributed by atoms with Gasteiger partial charge in [-0.15, -0.1) is 0 Å². The highest BCUT2D eigenvalue weighted by Gasteiger charge is 2.15.